The van der Waals surface area contributed by atoms with Gasteiger partial charge in [0.15, 0.2) is 0 Å². The Labute approximate surface area is 127 Å². The molecule has 0 aliphatic carbocycles. The van der Waals surface area contributed by atoms with Crippen molar-refractivity contribution < 1.29 is 9.53 Å². The number of carbonyl (C=O) groups excluding carboxylic acids is 1. The lowest BCUT2D eigenvalue weighted by molar-refractivity contribution is -0.139. The van der Waals surface area contributed by atoms with Crippen LogP contribution in [0.15, 0.2) is 41.6 Å². The van der Waals surface area contributed by atoms with Crippen molar-refractivity contribution in [3.05, 3.63) is 42.1 Å². The van der Waals surface area contributed by atoms with E-state index in [9.17, 15) is 4.79 Å². The molecule has 0 unspecified atom stereocenters. The maximum Gasteiger partial charge on any atom is 0.316 e. The maximum atomic E-state index is 11.4. The smallest absolute Gasteiger partial charge is 0.316 e. The summed E-state index contributed by atoms with van der Waals surface area (Å²) >= 11 is 1.19. The van der Waals surface area contributed by atoms with Gasteiger partial charge in [-0.15, -0.1) is 0 Å². The van der Waals surface area contributed by atoms with E-state index in [1.54, 1.807) is 25.3 Å². The second-order valence-corrected chi connectivity index (χ2v) is 4.93. The Kier molecular flexibility index (Phi) is 5.29. The van der Waals surface area contributed by atoms with Gasteiger partial charge in [-0.25, -0.2) is 4.98 Å². The lowest BCUT2D eigenvalue weighted by Gasteiger charge is -2.06. The second-order valence-electron chi connectivity index (χ2n) is 3.97. The van der Waals surface area contributed by atoms with E-state index >= 15 is 0 Å². The van der Waals surface area contributed by atoms with Gasteiger partial charge >= 0.3 is 5.97 Å². The number of rotatable bonds is 5. The summed E-state index contributed by atoms with van der Waals surface area (Å²) < 4.78 is 4.87. The standard InChI is InChI=1S/C15H13N3O2S/c1-2-20-14(19)10-21-15-11(9-16)6-7-13(18-15)12-5-3-4-8-17-12/h3-8H,2,10H2,1H3. The highest BCUT2D eigenvalue weighted by molar-refractivity contribution is 7.99. The van der Waals surface area contributed by atoms with Crippen LogP contribution in [-0.2, 0) is 9.53 Å². The summed E-state index contributed by atoms with van der Waals surface area (Å²) in [5.41, 5.74) is 1.82. The van der Waals surface area contributed by atoms with Crippen LogP contribution in [-0.4, -0.2) is 28.3 Å². The van der Waals surface area contributed by atoms with Crippen LogP contribution in [0.25, 0.3) is 11.4 Å². The normalized spacial score (nSPS) is 9.90. The molecule has 2 aromatic heterocycles. The summed E-state index contributed by atoms with van der Waals surface area (Å²) in [5.74, 6) is -0.197. The van der Waals surface area contributed by atoms with E-state index in [-0.39, 0.29) is 11.7 Å². The fourth-order valence-corrected chi connectivity index (χ4v) is 2.39. The van der Waals surface area contributed by atoms with Gasteiger partial charge in [-0.1, -0.05) is 17.8 Å². The lowest BCUT2D eigenvalue weighted by Crippen LogP contribution is -2.07. The number of esters is 1. The summed E-state index contributed by atoms with van der Waals surface area (Å²) in [6.07, 6.45) is 1.68. The van der Waals surface area contributed by atoms with Crippen LogP contribution < -0.4 is 0 Å². The molecular weight excluding hydrogens is 286 g/mol. The fourth-order valence-electron chi connectivity index (χ4n) is 1.62. The quantitative estimate of drug-likeness (QED) is 0.624. The topological polar surface area (TPSA) is 75.9 Å². The Bertz CT molecular complexity index is 668. The summed E-state index contributed by atoms with van der Waals surface area (Å²) in [6, 6.07) is 11.0. The molecular formula is C15H13N3O2S. The molecule has 0 aromatic carbocycles. The SMILES string of the molecule is CCOC(=O)CSc1nc(-c2ccccn2)ccc1C#N. The molecule has 0 radical (unpaired) electrons. The molecule has 2 aromatic rings. The fraction of sp³-hybridized carbons (Fsp3) is 0.200. The van der Waals surface area contributed by atoms with E-state index in [1.165, 1.54) is 11.8 Å². The summed E-state index contributed by atoms with van der Waals surface area (Å²) in [5, 5.41) is 9.62. The predicted octanol–water partition coefficient (Wildman–Crippen LogP) is 2.67. The third-order valence-electron chi connectivity index (χ3n) is 2.54. The number of hydrogen-bond acceptors (Lipinski definition) is 6. The van der Waals surface area contributed by atoms with Crippen LogP contribution in [0.3, 0.4) is 0 Å². The first-order valence-corrected chi connectivity index (χ1v) is 7.34. The number of pyridine rings is 2. The van der Waals surface area contributed by atoms with Crippen molar-refractivity contribution in [3.63, 3.8) is 0 Å². The number of hydrogen-bond donors (Lipinski definition) is 0. The molecule has 0 atom stereocenters. The molecule has 2 heterocycles. The Hall–Kier alpha value is -2.39. The minimum Gasteiger partial charge on any atom is -0.465 e. The molecule has 0 saturated heterocycles. The van der Waals surface area contributed by atoms with Gasteiger partial charge in [0, 0.05) is 6.20 Å². The Morgan fingerprint density at radius 2 is 2.19 bits per heavy atom. The largest absolute Gasteiger partial charge is 0.465 e. The highest BCUT2D eigenvalue weighted by Crippen LogP contribution is 2.24. The average molecular weight is 299 g/mol. The molecule has 0 amide bonds. The summed E-state index contributed by atoms with van der Waals surface area (Å²) in [4.78, 5) is 20.0. The van der Waals surface area contributed by atoms with E-state index in [4.69, 9.17) is 10.00 Å². The van der Waals surface area contributed by atoms with E-state index in [2.05, 4.69) is 16.0 Å². The van der Waals surface area contributed by atoms with Gasteiger partial charge in [0.25, 0.3) is 0 Å². The molecule has 6 heteroatoms. The minimum absolute atomic E-state index is 0.126. The van der Waals surface area contributed by atoms with Crippen molar-refractivity contribution in [2.45, 2.75) is 11.9 Å². The molecule has 21 heavy (non-hydrogen) atoms. The van der Waals surface area contributed by atoms with Crippen LogP contribution in [0, 0.1) is 11.3 Å². The van der Waals surface area contributed by atoms with E-state index in [0.717, 1.165) is 5.69 Å². The van der Waals surface area contributed by atoms with Gasteiger partial charge in [0.05, 0.1) is 29.3 Å². The second kappa shape index (κ2) is 7.41. The average Bonchev–Trinajstić information content (AvgIpc) is 2.54. The van der Waals surface area contributed by atoms with Gasteiger partial charge in [-0.2, -0.15) is 5.26 Å². The summed E-state index contributed by atoms with van der Waals surface area (Å²) in [7, 11) is 0. The highest BCUT2D eigenvalue weighted by Gasteiger charge is 2.11. The van der Waals surface area contributed by atoms with E-state index < -0.39 is 0 Å². The van der Waals surface area contributed by atoms with Crippen LogP contribution >= 0.6 is 11.8 Å². The molecule has 0 aliphatic heterocycles. The number of ether oxygens (including phenoxy) is 1. The van der Waals surface area contributed by atoms with Crippen LogP contribution in [0.4, 0.5) is 0 Å². The first kappa shape index (κ1) is 15.0. The molecule has 0 bridgehead atoms. The Balaban J connectivity index is 2.23. The first-order chi connectivity index (χ1) is 10.2. The van der Waals surface area contributed by atoms with Crippen molar-refractivity contribution in [1.82, 2.24) is 9.97 Å². The maximum absolute atomic E-state index is 11.4. The summed E-state index contributed by atoms with van der Waals surface area (Å²) in [6.45, 7) is 2.09. The molecule has 0 spiro atoms. The van der Waals surface area contributed by atoms with Crippen LogP contribution in [0.2, 0.25) is 0 Å². The molecule has 106 valence electrons. The Morgan fingerprint density at radius 3 is 2.86 bits per heavy atom. The number of thioether (sulfide) groups is 1. The van der Waals surface area contributed by atoms with Crippen molar-refractivity contribution in [2.24, 2.45) is 0 Å². The highest BCUT2D eigenvalue weighted by atomic mass is 32.2. The van der Waals surface area contributed by atoms with Crippen LogP contribution in [0.1, 0.15) is 12.5 Å². The third-order valence-corrected chi connectivity index (χ3v) is 3.50. The molecule has 0 fully saturated rings. The van der Waals surface area contributed by atoms with Crippen molar-refractivity contribution in [1.29, 1.82) is 5.26 Å². The molecule has 0 saturated carbocycles. The minimum atomic E-state index is -0.323. The van der Waals surface area contributed by atoms with Crippen molar-refractivity contribution in [2.75, 3.05) is 12.4 Å². The van der Waals surface area contributed by atoms with Gasteiger partial charge < -0.3 is 4.74 Å². The van der Waals surface area contributed by atoms with Gasteiger partial charge in [-0.05, 0) is 31.2 Å². The van der Waals surface area contributed by atoms with E-state index in [1.807, 2.05) is 18.2 Å². The number of nitrogens with zero attached hydrogens (tertiary/aromatic N) is 3. The number of carbonyl (C=O) groups is 1. The number of nitriles is 1. The van der Waals surface area contributed by atoms with Crippen molar-refractivity contribution >= 4 is 17.7 Å². The van der Waals surface area contributed by atoms with Gasteiger partial charge in [0.1, 0.15) is 11.1 Å². The van der Waals surface area contributed by atoms with Crippen LogP contribution in [0.5, 0.6) is 0 Å². The molecule has 5 nitrogen and oxygen atoms in total. The zero-order valence-electron chi connectivity index (χ0n) is 11.4. The zero-order valence-corrected chi connectivity index (χ0v) is 12.3. The molecule has 0 aliphatic rings. The first-order valence-electron chi connectivity index (χ1n) is 6.35. The molecule has 0 N–H and O–H groups in total. The predicted molar refractivity (Wildman–Crippen MR) is 79.5 cm³/mol. The third kappa shape index (κ3) is 4.04. The zero-order chi connectivity index (χ0) is 15.1. The monoisotopic (exact) mass is 299 g/mol. The Morgan fingerprint density at radius 1 is 1.33 bits per heavy atom. The van der Waals surface area contributed by atoms with Gasteiger partial charge in [0.2, 0.25) is 0 Å². The lowest BCUT2D eigenvalue weighted by atomic mass is 10.2. The van der Waals surface area contributed by atoms with E-state index in [0.29, 0.717) is 22.9 Å². The molecule has 2 rings (SSSR count). The van der Waals surface area contributed by atoms with Gasteiger partial charge in [-0.3, -0.25) is 9.78 Å². The van der Waals surface area contributed by atoms with Crippen molar-refractivity contribution in [3.8, 4) is 17.5 Å². The number of aromatic nitrogens is 2.